The van der Waals surface area contributed by atoms with Gasteiger partial charge >= 0.3 is 5.97 Å². The van der Waals surface area contributed by atoms with E-state index in [0.717, 1.165) is 19.3 Å². The predicted molar refractivity (Wildman–Crippen MR) is 47.8 cm³/mol. The van der Waals surface area contributed by atoms with Crippen LogP contribution in [-0.2, 0) is 9.53 Å². The molecule has 12 heavy (non-hydrogen) atoms. The fraction of sp³-hybridized carbons (Fsp3) is 0.700. The van der Waals surface area contributed by atoms with Gasteiger partial charge in [-0.15, -0.1) is 0 Å². The fourth-order valence-electron chi connectivity index (χ4n) is 1.28. The molecule has 1 fully saturated rings. The average molecular weight is 168 g/mol. The van der Waals surface area contributed by atoms with Crippen LogP contribution in [0.5, 0.6) is 0 Å². The van der Waals surface area contributed by atoms with Gasteiger partial charge in [0.2, 0.25) is 0 Å². The van der Waals surface area contributed by atoms with E-state index in [2.05, 4.69) is 19.1 Å². The van der Waals surface area contributed by atoms with Gasteiger partial charge < -0.3 is 4.74 Å². The quantitative estimate of drug-likeness (QED) is 0.476. The lowest BCUT2D eigenvalue weighted by Crippen LogP contribution is -2.04. The summed E-state index contributed by atoms with van der Waals surface area (Å²) in [5, 5.41) is 0. The van der Waals surface area contributed by atoms with Crippen molar-refractivity contribution in [3.63, 3.8) is 0 Å². The SMILES string of the molecule is CCCC=CCC1CCC(=O)O1. The van der Waals surface area contributed by atoms with E-state index in [1.54, 1.807) is 0 Å². The summed E-state index contributed by atoms with van der Waals surface area (Å²) in [6.45, 7) is 2.15. The van der Waals surface area contributed by atoms with Crippen LogP contribution in [0.2, 0.25) is 0 Å². The number of cyclic esters (lactones) is 1. The Morgan fingerprint density at radius 3 is 3.00 bits per heavy atom. The van der Waals surface area contributed by atoms with E-state index >= 15 is 0 Å². The van der Waals surface area contributed by atoms with Gasteiger partial charge in [-0.2, -0.15) is 0 Å². The molecule has 0 amide bonds. The van der Waals surface area contributed by atoms with Crippen molar-refractivity contribution in [1.29, 1.82) is 0 Å². The van der Waals surface area contributed by atoms with Gasteiger partial charge in [0.25, 0.3) is 0 Å². The summed E-state index contributed by atoms with van der Waals surface area (Å²) in [5.74, 6) is -0.0381. The highest BCUT2D eigenvalue weighted by Gasteiger charge is 2.21. The van der Waals surface area contributed by atoms with E-state index in [1.807, 2.05) is 0 Å². The van der Waals surface area contributed by atoms with Crippen LogP contribution in [0.1, 0.15) is 39.0 Å². The molecule has 1 aliphatic rings. The summed E-state index contributed by atoms with van der Waals surface area (Å²) in [6.07, 6.45) is 9.14. The van der Waals surface area contributed by atoms with Crippen molar-refractivity contribution >= 4 is 5.97 Å². The topological polar surface area (TPSA) is 26.3 Å². The highest BCUT2D eigenvalue weighted by molar-refractivity contribution is 5.71. The Balaban J connectivity index is 2.11. The Labute approximate surface area is 73.6 Å². The summed E-state index contributed by atoms with van der Waals surface area (Å²) in [5.41, 5.74) is 0. The van der Waals surface area contributed by atoms with E-state index in [1.165, 1.54) is 6.42 Å². The van der Waals surface area contributed by atoms with Crippen LogP contribution in [0.15, 0.2) is 12.2 Å². The number of esters is 1. The first-order valence-electron chi connectivity index (χ1n) is 4.67. The van der Waals surface area contributed by atoms with Crippen LogP contribution in [-0.4, -0.2) is 12.1 Å². The highest BCUT2D eigenvalue weighted by Crippen LogP contribution is 2.16. The van der Waals surface area contributed by atoms with Crippen LogP contribution in [0, 0.1) is 0 Å². The molecule has 1 aliphatic heterocycles. The highest BCUT2D eigenvalue weighted by atomic mass is 16.5. The van der Waals surface area contributed by atoms with Gasteiger partial charge in [-0.1, -0.05) is 25.5 Å². The molecule has 0 aromatic rings. The second-order valence-corrected chi connectivity index (χ2v) is 3.15. The monoisotopic (exact) mass is 168 g/mol. The first kappa shape index (κ1) is 9.30. The number of unbranched alkanes of at least 4 members (excludes halogenated alkanes) is 1. The summed E-state index contributed by atoms with van der Waals surface area (Å²) >= 11 is 0. The molecule has 2 heteroatoms. The summed E-state index contributed by atoms with van der Waals surface area (Å²) < 4.78 is 5.05. The Bertz CT molecular complexity index is 173. The minimum atomic E-state index is -0.0381. The number of rotatable bonds is 4. The Morgan fingerprint density at radius 2 is 2.42 bits per heavy atom. The van der Waals surface area contributed by atoms with Gasteiger partial charge in [-0.05, 0) is 12.8 Å². The zero-order valence-corrected chi connectivity index (χ0v) is 7.58. The van der Waals surface area contributed by atoms with Crippen LogP contribution in [0.25, 0.3) is 0 Å². The molecule has 0 aromatic carbocycles. The molecular formula is C10H16O2. The van der Waals surface area contributed by atoms with Crippen molar-refractivity contribution in [2.75, 3.05) is 0 Å². The van der Waals surface area contributed by atoms with Crippen molar-refractivity contribution in [3.05, 3.63) is 12.2 Å². The molecule has 0 radical (unpaired) electrons. The number of allylic oxidation sites excluding steroid dienone is 1. The summed E-state index contributed by atoms with van der Waals surface area (Å²) in [6, 6.07) is 0. The maximum absolute atomic E-state index is 10.7. The third-order valence-corrected chi connectivity index (χ3v) is 1.99. The number of carbonyl (C=O) groups excluding carboxylic acids is 1. The minimum Gasteiger partial charge on any atom is -0.462 e. The molecule has 2 nitrogen and oxygen atoms in total. The Morgan fingerprint density at radius 1 is 1.58 bits per heavy atom. The number of ether oxygens (including phenoxy) is 1. The van der Waals surface area contributed by atoms with Gasteiger partial charge in [0.15, 0.2) is 0 Å². The van der Waals surface area contributed by atoms with E-state index < -0.39 is 0 Å². The largest absolute Gasteiger partial charge is 0.462 e. The van der Waals surface area contributed by atoms with Gasteiger partial charge in [0.1, 0.15) is 6.10 Å². The normalized spacial score (nSPS) is 23.4. The molecule has 1 saturated heterocycles. The zero-order valence-electron chi connectivity index (χ0n) is 7.58. The number of hydrogen-bond acceptors (Lipinski definition) is 2. The van der Waals surface area contributed by atoms with Crippen molar-refractivity contribution in [3.8, 4) is 0 Å². The molecule has 0 aromatic heterocycles. The van der Waals surface area contributed by atoms with Gasteiger partial charge in [0, 0.05) is 12.8 Å². The third kappa shape index (κ3) is 3.07. The van der Waals surface area contributed by atoms with Crippen LogP contribution in [0.3, 0.4) is 0 Å². The molecule has 1 heterocycles. The molecule has 1 unspecified atom stereocenters. The standard InChI is InChI=1S/C10H16O2/c1-2-3-4-5-6-9-7-8-10(11)12-9/h4-5,9H,2-3,6-8H2,1H3. The molecule has 0 spiro atoms. The zero-order chi connectivity index (χ0) is 8.81. The number of carbonyl (C=O) groups is 1. The van der Waals surface area contributed by atoms with E-state index in [4.69, 9.17) is 4.74 Å². The van der Waals surface area contributed by atoms with E-state index in [0.29, 0.717) is 6.42 Å². The maximum Gasteiger partial charge on any atom is 0.306 e. The molecule has 0 bridgehead atoms. The van der Waals surface area contributed by atoms with Crippen LogP contribution in [0.4, 0.5) is 0 Å². The summed E-state index contributed by atoms with van der Waals surface area (Å²) in [4.78, 5) is 10.7. The van der Waals surface area contributed by atoms with E-state index in [9.17, 15) is 4.79 Å². The van der Waals surface area contributed by atoms with Crippen molar-refractivity contribution < 1.29 is 9.53 Å². The third-order valence-electron chi connectivity index (χ3n) is 1.99. The molecule has 0 aliphatic carbocycles. The first-order valence-corrected chi connectivity index (χ1v) is 4.67. The lowest BCUT2D eigenvalue weighted by Gasteiger charge is -2.03. The smallest absolute Gasteiger partial charge is 0.306 e. The van der Waals surface area contributed by atoms with E-state index in [-0.39, 0.29) is 12.1 Å². The molecular weight excluding hydrogens is 152 g/mol. The fourth-order valence-corrected chi connectivity index (χ4v) is 1.28. The lowest BCUT2D eigenvalue weighted by atomic mass is 10.1. The van der Waals surface area contributed by atoms with Crippen molar-refractivity contribution in [2.24, 2.45) is 0 Å². The Hall–Kier alpha value is -0.790. The van der Waals surface area contributed by atoms with Crippen LogP contribution < -0.4 is 0 Å². The van der Waals surface area contributed by atoms with Gasteiger partial charge in [0.05, 0.1) is 0 Å². The molecule has 1 rings (SSSR count). The molecule has 0 N–H and O–H groups in total. The van der Waals surface area contributed by atoms with Crippen molar-refractivity contribution in [1.82, 2.24) is 0 Å². The lowest BCUT2D eigenvalue weighted by molar-refractivity contribution is -0.141. The Kier molecular flexibility index (Phi) is 3.85. The molecule has 0 saturated carbocycles. The minimum absolute atomic E-state index is 0.0381. The van der Waals surface area contributed by atoms with Gasteiger partial charge in [-0.3, -0.25) is 4.79 Å². The average Bonchev–Trinajstić information content (AvgIpc) is 2.45. The molecule has 68 valence electrons. The van der Waals surface area contributed by atoms with Gasteiger partial charge in [-0.25, -0.2) is 0 Å². The van der Waals surface area contributed by atoms with Crippen LogP contribution >= 0.6 is 0 Å². The summed E-state index contributed by atoms with van der Waals surface area (Å²) in [7, 11) is 0. The van der Waals surface area contributed by atoms with Crippen molar-refractivity contribution in [2.45, 2.75) is 45.1 Å². The predicted octanol–water partition coefficient (Wildman–Crippen LogP) is 2.44. The molecule has 1 atom stereocenters. The first-order chi connectivity index (χ1) is 5.83. The number of hydrogen-bond donors (Lipinski definition) is 0. The maximum atomic E-state index is 10.7. The second kappa shape index (κ2) is 4.96. The second-order valence-electron chi connectivity index (χ2n) is 3.15.